The van der Waals surface area contributed by atoms with E-state index in [1.165, 1.54) is 0 Å². The lowest BCUT2D eigenvalue weighted by Crippen LogP contribution is -2.38. The van der Waals surface area contributed by atoms with Gasteiger partial charge in [0.15, 0.2) is 0 Å². The summed E-state index contributed by atoms with van der Waals surface area (Å²) < 4.78 is 1.63. The predicted octanol–water partition coefficient (Wildman–Crippen LogP) is 0.627. The molecule has 0 aliphatic carbocycles. The van der Waals surface area contributed by atoms with E-state index >= 15 is 0 Å². The number of benzene rings is 1. The Balaban J connectivity index is 1.76. The van der Waals surface area contributed by atoms with E-state index in [9.17, 15) is 14.7 Å². The number of carbonyl (C=O) groups is 2. The van der Waals surface area contributed by atoms with Crippen LogP contribution in [0.4, 0.5) is 0 Å². The summed E-state index contributed by atoms with van der Waals surface area (Å²) in [5.41, 5.74) is 8.15. The third kappa shape index (κ3) is 3.23. The Bertz CT molecular complexity index is 1030. The average Bonchev–Trinajstić information content (AvgIpc) is 3.15. The number of hydrogen-bond acceptors (Lipinski definition) is 6. The highest BCUT2D eigenvalue weighted by Crippen LogP contribution is 2.27. The molecule has 1 unspecified atom stereocenters. The van der Waals surface area contributed by atoms with Crippen LogP contribution in [0, 0.1) is 0 Å². The summed E-state index contributed by atoms with van der Waals surface area (Å²) in [5, 5.41) is 16.7. The Morgan fingerprint density at radius 1 is 1.21 bits per heavy atom. The Morgan fingerprint density at radius 3 is 2.71 bits per heavy atom. The molecule has 1 aliphatic heterocycles. The molecule has 28 heavy (non-hydrogen) atoms. The van der Waals surface area contributed by atoms with Crippen molar-refractivity contribution in [2.45, 2.75) is 18.5 Å². The largest absolute Gasteiger partial charge is 0.480 e. The number of carboxylic acids is 1. The van der Waals surface area contributed by atoms with Crippen LogP contribution in [0.15, 0.2) is 48.7 Å². The van der Waals surface area contributed by atoms with Gasteiger partial charge >= 0.3 is 5.97 Å². The fourth-order valence-corrected chi connectivity index (χ4v) is 3.25. The Kier molecular flexibility index (Phi) is 4.58. The van der Waals surface area contributed by atoms with Crippen LogP contribution in [-0.2, 0) is 11.3 Å². The molecule has 0 saturated heterocycles. The fraction of sp³-hybridized carbons (Fsp3) is 0.211. The number of carbonyl (C=O) groups excluding carboxylic acids is 1. The molecule has 9 heteroatoms. The molecule has 4 rings (SSSR count). The summed E-state index contributed by atoms with van der Waals surface area (Å²) in [5.74, 6) is -1.76. The number of amides is 1. The third-order valence-electron chi connectivity index (χ3n) is 4.64. The minimum Gasteiger partial charge on any atom is -0.480 e. The first-order valence-electron chi connectivity index (χ1n) is 8.77. The van der Waals surface area contributed by atoms with Gasteiger partial charge in [-0.25, -0.2) is 9.97 Å². The van der Waals surface area contributed by atoms with Gasteiger partial charge in [-0.1, -0.05) is 30.3 Å². The SMILES string of the molecule is N[C@@H](C(=O)O)C(c1ccccc1)c1nccc(-c2cc3n(n2)CCNC3=O)n1. The lowest BCUT2D eigenvalue weighted by Gasteiger charge is -2.20. The molecule has 142 valence electrons. The number of nitrogens with two attached hydrogens (primary N) is 1. The Labute approximate surface area is 160 Å². The summed E-state index contributed by atoms with van der Waals surface area (Å²) in [6.07, 6.45) is 1.54. The average molecular weight is 378 g/mol. The number of carboxylic acid groups (broad SMARTS) is 1. The molecule has 2 atom stereocenters. The monoisotopic (exact) mass is 378 g/mol. The first kappa shape index (κ1) is 17.8. The van der Waals surface area contributed by atoms with Gasteiger partial charge in [0.05, 0.1) is 18.2 Å². The van der Waals surface area contributed by atoms with Crippen molar-refractivity contribution in [1.82, 2.24) is 25.1 Å². The molecule has 4 N–H and O–H groups in total. The molecule has 0 fully saturated rings. The van der Waals surface area contributed by atoms with Crippen LogP contribution in [0.2, 0.25) is 0 Å². The number of nitrogens with one attached hydrogen (secondary N) is 1. The Morgan fingerprint density at radius 2 is 2.00 bits per heavy atom. The first-order chi connectivity index (χ1) is 13.5. The van der Waals surface area contributed by atoms with E-state index in [2.05, 4.69) is 20.4 Å². The minimum absolute atomic E-state index is 0.186. The number of aliphatic carboxylic acids is 1. The summed E-state index contributed by atoms with van der Waals surface area (Å²) in [7, 11) is 0. The second-order valence-corrected chi connectivity index (χ2v) is 6.45. The molecule has 1 aliphatic rings. The fourth-order valence-electron chi connectivity index (χ4n) is 3.25. The molecular formula is C19H18N6O3. The topological polar surface area (TPSA) is 136 Å². The van der Waals surface area contributed by atoms with E-state index in [1.54, 1.807) is 35.1 Å². The van der Waals surface area contributed by atoms with Gasteiger partial charge in [-0.05, 0) is 17.7 Å². The quantitative estimate of drug-likeness (QED) is 0.592. The molecule has 3 heterocycles. The molecule has 0 saturated carbocycles. The summed E-state index contributed by atoms with van der Waals surface area (Å²) >= 11 is 0. The second kappa shape index (κ2) is 7.20. The summed E-state index contributed by atoms with van der Waals surface area (Å²) in [6.45, 7) is 1.10. The maximum absolute atomic E-state index is 12.0. The zero-order valence-electron chi connectivity index (χ0n) is 14.8. The van der Waals surface area contributed by atoms with Crippen molar-refractivity contribution in [1.29, 1.82) is 0 Å². The zero-order valence-corrected chi connectivity index (χ0v) is 14.8. The van der Waals surface area contributed by atoms with Crippen molar-refractivity contribution in [3.63, 3.8) is 0 Å². The van der Waals surface area contributed by atoms with Gasteiger partial charge in [0.25, 0.3) is 5.91 Å². The molecular weight excluding hydrogens is 360 g/mol. The molecule has 9 nitrogen and oxygen atoms in total. The number of nitrogens with zero attached hydrogens (tertiary/aromatic N) is 4. The second-order valence-electron chi connectivity index (χ2n) is 6.45. The van der Waals surface area contributed by atoms with Gasteiger partial charge in [-0.3, -0.25) is 14.3 Å². The highest BCUT2D eigenvalue weighted by Gasteiger charge is 2.30. The maximum Gasteiger partial charge on any atom is 0.321 e. The van der Waals surface area contributed by atoms with Crippen LogP contribution in [0.25, 0.3) is 11.4 Å². The lowest BCUT2D eigenvalue weighted by molar-refractivity contribution is -0.138. The third-order valence-corrected chi connectivity index (χ3v) is 4.64. The Hall–Kier alpha value is -3.59. The van der Waals surface area contributed by atoms with Gasteiger partial charge < -0.3 is 16.2 Å². The van der Waals surface area contributed by atoms with Crippen LogP contribution in [0.3, 0.4) is 0 Å². The molecule has 1 aromatic carbocycles. The molecule has 2 aromatic heterocycles. The van der Waals surface area contributed by atoms with Crippen LogP contribution in [0.1, 0.15) is 27.8 Å². The molecule has 0 bridgehead atoms. The van der Waals surface area contributed by atoms with Crippen molar-refractivity contribution in [3.05, 3.63) is 65.7 Å². The number of fused-ring (bicyclic) bond motifs is 1. The predicted molar refractivity (Wildman–Crippen MR) is 99.5 cm³/mol. The minimum atomic E-state index is -1.21. The summed E-state index contributed by atoms with van der Waals surface area (Å²) in [4.78, 5) is 32.3. The van der Waals surface area contributed by atoms with Crippen molar-refractivity contribution >= 4 is 11.9 Å². The van der Waals surface area contributed by atoms with Crippen LogP contribution < -0.4 is 11.1 Å². The molecule has 1 amide bonds. The van der Waals surface area contributed by atoms with E-state index in [4.69, 9.17) is 5.73 Å². The van der Waals surface area contributed by atoms with Gasteiger partial charge in [-0.15, -0.1) is 0 Å². The number of aromatic nitrogens is 4. The smallest absolute Gasteiger partial charge is 0.321 e. The molecule has 0 radical (unpaired) electrons. The number of rotatable bonds is 5. The van der Waals surface area contributed by atoms with Gasteiger partial charge in [0, 0.05) is 12.7 Å². The zero-order chi connectivity index (χ0) is 19.7. The molecule has 3 aromatic rings. The van der Waals surface area contributed by atoms with Crippen molar-refractivity contribution in [3.8, 4) is 11.4 Å². The summed E-state index contributed by atoms with van der Waals surface area (Å²) in [6, 6.07) is 11.2. The van der Waals surface area contributed by atoms with Crippen molar-refractivity contribution in [2.24, 2.45) is 5.73 Å². The standard InChI is InChI=1S/C19H18N6O3/c20-16(19(27)28)15(11-4-2-1-3-5-11)17-21-7-6-12(23-17)13-10-14-18(26)22-8-9-25(14)24-13/h1-7,10,15-16H,8-9,20H2,(H,22,26)(H,27,28)/t15?,16-/m1/s1. The van der Waals surface area contributed by atoms with Gasteiger partial charge in [0.2, 0.25) is 0 Å². The highest BCUT2D eigenvalue weighted by molar-refractivity contribution is 5.94. The van der Waals surface area contributed by atoms with E-state index in [1.807, 2.05) is 18.2 Å². The molecule has 0 spiro atoms. The van der Waals surface area contributed by atoms with Gasteiger partial charge in [0.1, 0.15) is 23.3 Å². The number of hydrogen-bond donors (Lipinski definition) is 3. The van der Waals surface area contributed by atoms with Crippen LogP contribution >= 0.6 is 0 Å². The highest BCUT2D eigenvalue weighted by atomic mass is 16.4. The lowest BCUT2D eigenvalue weighted by atomic mass is 9.91. The van der Waals surface area contributed by atoms with E-state index < -0.39 is 17.9 Å². The van der Waals surface area contributed by atoms with E-state index in [0.29, 0.717) is 35.7 Å². The van der Waals surface area contributed by atoms with E-state index in [0.717, 1.165) is 0 Å². The normalized spacial score (nSPS) is 15.4. The van der Waals surface area contributed by atoms with Gasteiger partial charge in [-0.2, -0.15) is 5.10 Å². The van der Waals surface area contributed by atoms with Crippen molar-refractivity contribution < 1.29 is 14.7 Å². The van der Waals surface area contributed by atoms with Crippen LogP contribution in [0.5, 0.6) is 0 Å². The first-order valence-corrected chi connectivity index (χ1v) is 8.77. The van der Waals surface area contributed by atoms with Crippen LogP contribution in [-0.4, -0.2) is 49.3 Å². The van der Waals surface area contributed by atoms with Crippen molar-refractivity contribution in [2.75, 3.05) is 6.54 Å². The maximum atomic E-state index is 12.0. The van der Waals surface area contributed by atoms with E-state index in [-0.39, 0.29) is 11.7 Å².